The Morgan fingerprint density at radius 1 is 1.60 bits per heavy atom. The number of halogens is 1. The van der Waals surface area contributed by atoms with Crippen LogP contribution in [0.5, 0.6) is 0 Å². The van der Waals surface area contributed by atoms with Crippen molar-refractivity contribution in [2.75, 3.05) is 6.54 Å². The first kappa shape index (κ1) is 9.91. The number of carboxylic acid groups (broad SMARTS) is 1. The molecular weight excluding hydrogens is 198 g/mol. The summed E-state index contributed by atoms with van der Waals surface area (Å²) in [6.45, 7) is 0.638. The Labute approximate surface area is 68.7 Å². The molecule has 3 N–H and O–H groups in total. The minimum absolute atomic E-state index is 0.404. The first-order valence-electron chi connectivity index (χ1n) is 3.25. The standard InChI is InChI=1S/C6H12BrNO2/c7-5(6(9)10)3-1-2-4-8/h5H,1-4,8H2,(H,9,10)/t5-/m0/s1. The molecule has 0 radical (unpaired) electrons. The molecule has 4 heteroatoms. The molecule has 10 heavy (non-hydrogen) atoms. The van der Waals surface area contributed by atoms with Gasteiger partial charge in [-0.05, 0) is 19.4 Å². The van der Waals surface area contributed by atoms with Gasteiger partial charge < -0.3 is 10.8 Å². The van der Waals surface area contributed by atoms with Crippen molar-refractivity contribution in [2.45, 2.75) is 24.1 Å². The summed E-state index contributed by atoms with van der Waals surface area (Å²) in [5, 5.41) is 8.40. The van der Waals surface area contributed by atoms with Crippen molar-refractivity contribution in [2.24, 2.45) is 5.73 Å². The zero-order valence-electron chi connectivity index (χ0n) is 5.72. The van der Waals surface area contributed by atoms with Gasteiger partial charge in [0.15, 0.2) is 0 Å². The highest BCUT2D eigenvalue weighted by atomic mass is 79.9. The molecule has 0 aromatic heterocycles. The number of carbonyl (C=O) groups is 1. The van der Waals surface area contributed by atoms with Gasteiger partial charge in [0.25, 0.3) is 0 Å². The topological polar surface area (TPSA) is 63.3 Å². The minimum Gasteiger partial charge on any atom is -0.480 e. The van der Waals surface area contributed by atoms with Crippen LogP contribution in [0, 0.1) is 0 Å². The van der Waals surface area contributed by atoms with E-state index >= 15 is 0 Å². The van der Waals surface area contributed by atoms with Gasteiger partial charge in [-0.3, -0.25) is 4.79 Å². The predicted molar refractivity (Wildman–Crippen MR) is 43.3 cm³/mol. The molecule has 60 valence electrons. The van der Waals surface area contributed by atoms with E-state index in [1.807, 2.05) is 0 Å². The van der Waals surface area contributed by atoms with E-state index in [9.17, 15) is 4.79 Å². The lowest BCUT2D eigenvalue weighted by molar-refractivity contribution is -0.136. The molecule has 0 saturated carbocycles. The van der Waals surface area contributed by atoms with Crippen LogP contribution in [-0.2, 0) is 4.79 Å². The second-order valence-corrected chi connectivity index (χ2v) is 3.20. The largest absolute Gasteiger partial charge is 0.480 e. The van der Waals surface area contributed by atoms with Crippen molar-refractivity contribution in [3.8, 4) is 0 Å². The second kappa shape index (κ2) is 5.68. The van der Waals surface area contributed by atoms with Crippen molar-refractivity contribution < 1.29 is 9.90 Å². The molecule has 0 aromatic rings. The predicted octanol–water partition coefficient (Wildman–Crippen LogP) is 0.964. The van der Waals surface area contributed by atoms with Crippen LogP contribution in [0.3, 0.4) is 0 Å². The Kier molecular flexibility index (Phi) is 5.63. The van der Waals surface area contributed by atoms with Crippen LogP contribution in [0.1, 0.15) is 19.3 Å². The molecule has 0 saturated heterocycles. The van der Waals surface area contributed by atoms with Crippen molar-refractivity contribution in [3.05, 3.63) is 0 Å². The van der Waals surface area contributed by atoms with Crippen LogP contribution in [0.4, 0.5) is 0 Å². The summed E-state index contributed by atoms with van der Waals surface area (Å²) < 4.78 is 0. The van der Waals surface area contributed by atoms with Gasteiger partial charge >= 0.3 is 5.97 Å². The Hall–Kier alpha value is -0.0900. The smallest absolute Gasteiger partial charge is 0.317 e. The maximum absolute atomic E-state index is 10.2. The van der Waals surface area contributed by atoms with Gasteiger partial charge in [-0.15, -0.1) is 0 Å². The molecule has 0 rings (SSSR count). The van der Waals surface area contributed by atoms with E-state index in [1.54, 1.807) is 0 Å². The third-order valence-electron chi connectivity index (χ3n) is 1.18. The van der Waals surface area contributed by atoms with Gasteiger partial charge in [0.05, 0.1) is 0 Å². The van der Waals surface area contributed by atoms with Crippen LogP contribution in [0.2, 0.25) is 0 Å². The second-order valence-electron chi connectivity index (χ2n) is 2.09. The molecule has 0 aliphatic rings. The molecule has 0 spiro atoms. The van der Waals surface area contributed by atoms with Gasteiger partial charge in [-0.1, -0.05) is 22.4 Å². The molecule has 0 aliphatic carbocycles. The molecule has 3 nitrogen and oxygen atoms in total. The molecule has 0 aromatic carbocycles. The maximum Gasteiger partial charge on any atom is 0.317 e. The van der Waals surface area contributed by atoms with E-state index < -0.39 is 10.8 Å². The van der Waals surface area contributed by atoms with Crippen molar-refractivity contribution in [3.63, 3.8) is 0 Å². The highest BCUT2D eigenvalue weighted by Gasteiger charge is 2.10. The lowest BCUT2D eigenvalue weighted by Crippen LogP contribution is -2.12. The van der Waals surface area contributed by atoms with Crippen LogP contribution in [0.25, 0.3) is 0 Å². The summed E-state index contributed by atoms with van der Waals surface area (Å²) in [6.07, 6.45) is 2.43. The third-order valence-corrected chi connectivity index (χ3v) is 2.03. The summed E-state index contributed by atoms with van der Waals surface area (Å²) in [5.41, 5.74) is 5.23. The molecule has 0 unspecified atom stereocenters. The zero-order valence-corrected chi connectivity index (χ0v) is 7.30. The molecule has 0 amide bonds. The van der Waals surface area contributed by atoms with Crippen molar-refractivity contribution in [1.29, 1.82) is 0 Å². The Morgan fingerprint density at radius 3 is 2.60 bits per heavy atom. The average Bonchev–Trinajstić information content (AvgIpc) is 1.88. The third kappa shape index (κ3) is 4.76. The highest BCUT2D eigenvalue weighted by Crippen LogP contribution is 2.08. The first-order chi connectivity index (χ1) is 4.68. The lowest BCUT2D eigenvalue weighted by atomic mass is 10.2. The van der Waals surface area contributed by atoms with E-state index in [0.29, 0.717) is 13.0 Å². The number of rotatable bonds is 5. The number of aliphatic carboxylic acids is 1. The fourth-order valence-corrected chi connectivity index (χ4v) is 0.915. The Morgan fingerprint density at radius 2 is 2.20 bits per heavy atom. The fourth-order valence-electron chi connectivity index (χ4n) is 0.591. The van der Waals surface area contributed by atoms with Gasteiger partial charge in [-0.25, -0.2) is 0 Å². The van der Waals surface area contributed by atoms with E-state index in [0.717, 1.165) is 12.8 Å². The molecule has 1 atom stereocenters. The van der Waals surface area contributed by atoms with Crippen LogP contribution in [0.15, 0.2) is 0 Å². The number of hydrogen-bond acceptors (Lipinski definition) is 2. The first-order valence-corrected chi connectivity index (χ1v) is 4.17. The number of unbranched alkanes of at least 4 members (excludes halogenated alkanes) is 1. The van der Waals surface area contributed by atoms with E-state index in [1.165, 1.54) is 0 Å². The molecular formula is C6H12BrNO2. The van der Waals surface area contributed by atoms with Gasteiger partial charge in [0.2, 0.25) is 0 Å². The molecule has 0 heterocycles. The minimum atomic E-state index is -0.794. The van der Waals surface area contributed by atoms with Crippen molar-refractivity contribution >= 4 is 21.9 Å². The highest BCUT2D eigenvalue weighted by molar-refractivity contribution is 9.10. The summed E-state index contributed by atoms with van der Waals surface area (Å²) >= 11 is 3.03. The monoisotopic (exact) mass is 209 g/mol. The lowest BCUT2D eigenvalue weighted by Gasteiger charge is -2.01. The van der Waals surface area contributed by atoms with Gasteiger partial charge in [0.1, 0.15) is 4.83 Å². The Bertz CT molecular complexity index is 108. The number of alkyl halides is 1. The summed E-state index contributed by atoms with van der Waals surface area (Å²) in [6, 6.07) is 0. The van der Waals surface area contributed by atoms with Crippen LogP contribution < -0.4 is 5.73 Å². The molecule has 0 aliphatic heterocycles. The summed E-state index contributed by atoms with van der Waals surface area (Å²) in [5.74, 6) is -0.794. The van der Waals surface area contributed by atoms with Crippen molar-refractivity contribution in [1.82, 2.24) is 0 Å². The van der Waals surface area contributed by atoms with Gasteiger partial charge in [-0.2, -0.15) is 0 Å². The van der Waals surface area contributed by atoms with E-state index in [4.69, 9.17) is 10.8 Å². The number of hydrogen-bond donors (Lipinski definition) is 2. The summed E-state index contributed by atoms with van der Waals surface area (Å²) in [4.78, 5) is 9.81. The van der Waals surface area contributed by atoms with E-state index in [-0.39, 0.29) is 0 Å². The summed E-state index contributed by atoms with van der Waals surface area (Å²) in [7, 11) is 0. The number of nitrogens with two attached hydrogens (primary N) is 1. The van der Waals surface area contributed by atoms with E-state index in [2.05, 4.69) is 15.9 Å². The molecule has 0 bridgehead atoms. The quantitative estimate of drug-likeness (QED) is 0.524. The van der Waals surface area contributed by atoms with Gasteiger partial charge in [0, 0.05) is 0 Å². The average molecular weight is 210 g/mol. The van der Waals surface area contributed by atoms with Crippen LogP contribution >= 0.6 is 15.9 Å². The molecule has 0 fully saturated rings. The number of carboxylic acids is 1. The normalized spacial score (nSPS) is 13.0. The maximum atomic E-state index is 10.2. The Balaban J connectivity index is 3.21. The van der Waals surface area contributed by atoms with Crippen LogP contribution in [-0.4, -0.2) is 22.4 Å². The fraction of sp³-hybridized carbons (Fsp3) is 0.833. The zero-order chi connectivity index (χ0) is 7.98. The SMILES string of the molecule is NCCCC[C@H](Br)C(=O)O.